The molecular formula is C18H29NO5S. The van der Waals surface area contributed by atoms with Crippen LogP contribution in [0.15, 0.2) is 36.1 Å². The molecule has 0 spiro atoms. The highest BCUT2D eigenvalue weighted by molar-refractivity contribution is 7.89. The molecule has 1 aliphatic rings. The fourth-order valence-corrected chi connectivity index (χ4v) is 3.94. The number of esters is 1. The van der Waals surface area contributed by atoms with Gasteiger partial charge in [-0.25, -0.2) is 13.1 Å². The van der Waals surface area contributed by atoms with Gasteiger partial charge < -0.3 is 9.47 Å². The first-order chi connectivity index (χ1) is 11.8. The number of hydrogen-bond donors (Lipinski definition) is 1. The van der Waals surface area contributed by atoms with Crippen LogP contribution in [0.3, 0.4) is 0 Å². The minimum Gasteiger partial charge on any atom is -0.494 e. The highest BCUT2D eigenvalue weighted by atomic mass is 32.2. The molecule has 0 bridgehead atoms. The van der Waals surface area contributed by atoms with Gasteiger partial charge in [0.25, 0.3) is 0 Å². The molecule has 0 aromatic rings. The van der Waals surface area contributed by atoms with Crippen LogP contribution in [0.5, 0.6) is 0 Å². The molecule has 0 aromatic carbocycles. The molecule has 1 rings (SSSR count). The number of methoxy groups -OCH3 is 1. The van der Waals surface area contributed by atoms with Gasteiger partial charge in [0.2, 0.25) is 10.0 Å². The lowest BCUT2D eigenvalue weighted by Crippen LogP contribution is -2.39. The molecular weight excluding hydrogens is 342 g/mol. The van der Waals surface area contributed by atoms with E-state index in [-0.39, 0.29) is 23.7 Å². The Morgan fingerprint density at radius 1 is 1.28 bits per heavy atom. The van der Waals surface area contributed by atoms with Crippen LogP contribution in [0.2, 0.25) is 0 Å². The fourth-order valence-electron chi connectivity index (χ4n) is 2.75. The second-order valence-corrected chi connectivity index (χ2v) is 7.86. The second kappa shape index (κ2) is 10.4. The fraction of sp³-hybridized carbons (Fsp3) is 0.611. The maximum absolute atomic E-state index is 12.2. The van der Waals surface area contributed by atoms with E-state index in [1.54, 1.807) is 18.2 Å². The molecule has 0 heterocycles. The van der Waals surface area contributed by atoms with Crippen molar-refractivity contribution >= 4 is 16.0 Å². The van der Waals surface area contributed by atoms with Crippen molar-refractivity contribution < 1.29 is 22.7 Å². The molecule has 0 aliphatic heterocycles. The predicted molar refractivity (Wildman–Crippen MR) is 98.3 cm³/mol. The minimum absolute atomic E-state index is 0.119. The Hall–Kier alpha value is -1.60. The van der Waals surface area contributed by atoms with E-state index in [1.165, 1.54) is 7.11 Å². The first-order valence-electron chi connectivity index (χ1n) is 8.53. The van der Waals surface area contributed by atoms with E-state index in [9.17, 15) is 13.2 Å². The number of allylic oxidation sites excluding steroid dienone is 3. The molecule has 1 N–H and O–H groups in total. The molecule has 1 aliphatic carbocycles. The lowest BCUT2D eigenvalue weighted by Gasteiger charge is -2.27. The molecule has 0 amide bonds. The summed E-state index contributed by atoms with van der Waals surface area (Å²) in [4.78, 5) is 11.5. The van der Waals surface area contributed by atoms with E-state index in [2.05, 4.69) is 11.3 Å². The normalized spacial score (nSPS) is 22.4. The summed E-state index contributed by atoms with van der Waals surface area (Å²) in [7, 11) is -2.05. The largest absolute Gasteiger partial charge is 0.494 e. The zero-order valence-corrected chi connectivity index (χ0v) is 16.1. The molecule has 6 nitrogen and oxygen atoms in total. The van der Waals surface area contributed by atoms with Gasteiger partial charge in [-0.2, -0.15) is 0 Å². The van der Waals surface area contributed by atoms with Gasteiger partial charge in [-0.1, -0.05) is 18.7 Å². The summed E-state index contributed by atoms with van der Waals surface area (Å²) in [6.45, 7) is 7.91. The van der Waals surface area contributed by atoms with Gasteiger partial charge in [-0.3, -0.25) is 4.79 Å². The van der Waals surface area contributed by atoms with Crippen LogP contribution in [-0.4, -0.2) is 39.9 Å². The van der Waals surface area contributed by atoms with Crippen LogP contribution < -0.4 is 4.72 Å². The lowest BCUT2D eigenvalue weighted by atomic mass is 9.86. The summed E-state index contributed by atoms with van der Waals surface area (Å²) >= 11 is 0. The molecule has 25 heavy (non-hydrogen) atoms. The molecule has 0 atom stereocenters. The second-order valence-electron chi connectivity index (χ2n) is 6.06. The van der Waals surface area contributed by atoms with E-state index in [0.29, 0.717) is 38.0 Å². The lowest BCUT2D eigenvalue weighted by molar-refractivity contribution is -0.146. The minimum atomic E-state index is -3.42. The Morgan fingerprint density at radius 2 is 1.92 bits per heavy atom. The third kappa shape index (κ3) is 7.44. The number of nitrogens with one attached hydrogen (secondary N) is 1. The molecule has 1 fully saturated rings. The van der Waals surface area contributed by atoms with Crippen LogP contribution in [-0.2, 0) is 24.3 Å². The van der Waals surface area contributed by atoms with Crippen molar-refractivity contribution in [1.29, 1.82) is 0 Å². The van der Waals surface area contributed by atoms with Gasteiger partial charge in [0, 0.05) is 6.04 Å². The highest BCUT2D eigenvalue weighted by Crippen LogP contribution is 2.25. The van der Waals surface area contributed by atoms with Crippen LogP contribution in [0.1, 0.15) is 39.5 Å². The summed E-state index contributed by atoms with van der Waals surface area (Å²) in [6.07, 6.45) is 7.47. The van der Waals surface area contributed by atoms with Gasteiger partial charge in [-0.05, 0) is 51.2 Å². The molecule has 0 aromatic heterocycles. The average Bonchev–Trinajstić information content (AvgIpc) is 2.59. The Labute approximate surface area is 151 Å². The van der Waals surface area contributed by atoms with Crippen molar-refractivity contribution in [2.75, 3.05) is 19.5 Å². The van der Waals surface area contributed by atoms with Crippen molar-refractivity contribution in [3.8, 4) is 0 Å². The maximum Gasteiger partial charge on any atom is 0.308 e. The summed E-state index contributed by atoms with van der Waals surface area (Å²) in [5, 5.41) is 0. The summed E-state index contributed by atoms with van der Waals surface area (Å²) in [5.74, 6) is 0.167. The summed E-state index contributed by atoms with van der Waals surface area (Å²) < 4.78 is 37.4. The van der Waals surface area contributed by atoms with Gasteiger partial charge in [0.1, 0.15) is 5.76 Å². The van der Waals surface area contributed by atoms with Crippen LogP contribution >= 0.6 is 0 Å². The summed E-state index contributed by atoms with van der Waals surface area (Å²) in [6, 6.07) is -0.129. The van der Waals surface area contributed by atoms with Crippen molar-refractivity contribution in [2.24, 2.45) is 5.92 Å². The van der Waals surface area contributed by atoms with E-state index in [0.717, 1.165) is 5.57 Å². The molecule has 7 heteroatoms. The Kier molecular flexibility index (Phi) is 8.92. The number of hydrogen-bond acceptors (Lipinski definition) is 5. The van der Waals surface area contributed by atoms with Gasteiger partial charge in [0.15, 0.2) is 0 Å². The zero-order valence-electron chi connectivity index (χ0n) is 15.3. The summed E-state index contributed by atoms with van der Waals surface area (Å²) in [5.41, 5.74) is 0.851. The highest BCUT2D eigenvalue weighted by Gasteiger charge is 2.28. The van der Waals surface area contributed by atoms with Crippen LogP contribution in [0.4, 0.5) is 0 Å². The van der Waals surface area contributed by atoms with Crippen molar-refractivity contribution in [3.63, 3.8) is 0 Å². The Bertz CT molecular complexity index is 613. The van der Waals surface area contributed by atoms with Gasteiger partial charge >= 0.3 is 5.97 Å². The van der Waals surface area contributed by atoms with E-state index in [4.69, 9.17) is 9.47 Å². The first-order valence-corrected chi connectivity index (χ1v) is 10.2. The number of rotatable bonds is 9. The van der Waals surface area contributed by atoms with Crippen molar-refractivity contribution in [3.05, 3.63) is 36.1 Å². The van der Waals surface area contributed by atoms with Gasteiger partial charge in [-0.15, -0.1) is 0 Å². The van der Waals surface area contributed by atoms with Crippen LogP contribution in [0, 0.1) is 5.92 Å². The SMILES string of the molecule is C=C/C(C)=C(\C=C/CS(=O)(=O)N[C@H]1CC[C@H](C(=O)OC)CC1)OCC. The third-order valence-corrected chi connectivity index (χ3v) is 5.51. The number of ether oxygens (including phenoxy) is 2. The maximum atomic E-state index is 12.2. The standard InChI is InChI=1S/C18H29NO5S/c1-5-14(3)17(24-6-2)8-7-13-25(21,22)19-16-11-9-15(10-12-16)18(20)23-4/h5,7-8,15-16,19H,1,6,9-13H2,2-4H3/b8-7-,17-14+/t15-,16-. The number of carbonyl (C=O) groups excluding carboxylic acids is 1. The number of sulfonamides is 1. The molecule has 1 saturated carbocycles. The zero-order chi connectivity index (χ0) is 18.9. The third-order valence-electron chi connectivity index (χ3n) is 4.19. The topological polar surface area (TPSA) is 81.7 Å². The quantitative estimate of drug-likeness (QED) is 0.383. The monoisotopic (exact) mass is 371 g/mol. The molecule has 0 unspecified atom stereocenters. The van der Waals surface area contributed by atoms with E-state index in [1.807, 2.05) is 13.8 Å². The van der Waals surface area contributed by atoms with E-state index < -0.39 is 10.0 Å². The Morgan fingerprint density at radius 3 is 2.44 bits per heavy atom. The predicted octanol–water partition coefficient (Wildman–Crippen LogP) is 2.69. The molecule has 142 valence electrons. The molecule has 0 radical (unpaired) electrons. The van der Waals surface area contributed by atoms with Crippen LogP contribution in [0.25, 0.3) is 0 Å². The van der Waals surface area contributed by atoms with Crippen molar-refractivity contribution in [1.82, 2.24) is 4.72 Å². The van der Waals surface area contributed by atoms with Crippen molar-refractivity contribution in [2.45, 2.75) is 45.6 Å². The molecule has 0 saturated heterocycles. The first kappa shape index (κ1) is 21.4. The van der Waals surface area contributed by atoms with E-state index >= 15 is 0 Å². The average molecular weight is 371 g/mol. The smallest absolute Gasteiger partial charge is 0.308 e. The Balaban J connectivity index is 2.55. The number of carbonyl (C=O) groups is 1. The van der Waals surface area contributed by atoms with Gasteiger partial charge in [0.05, 0.1) is 25.4 Å².